The zero-order chi connectivity index (χ0) is 21.9. The van der Waals surface area contributed by atoms with Crippen LogP contribution in [-0.4, -0.2) is 41.6 Å². The fourth-order valence-electron chi connectivity index (χ4n) is 3.27. The molecular formula is C23H38N2O4. The molecule has 0 saturated heterocycles. The Balaban J connectivity index is 2.58. The third-order valence-corrected chi connectivity index (χ3v) is 5.04. The molecule has 0 aliphatic carbocycles. The Labute approximate surface area is 175 Å². The number of hydrogen-bond donors (Lipinski definition) is 2. The molecule has 1 amide bonds. The van der Waals surface area contributed by atoms with E-state index in [1.165, 1.54) is 12.8 Å². The number of aryl methyl sites for hydroxylation is 1. The van der Waals surface area contributed by atoms with Crippen molar-refractivity contribution in [1.29, 1.82) is 0 Å². The number of nitrogens with two attached hydrogens (primary N) is 1. The fourth-order valence-corrected chi connectivity index (χ4v) is 3.27. The Hall–Kier alpha value is -1.92. The number of nitrogens with zero attached hydrogens (tertiary/aromatic N) is 1. The zero-order valence-corrected chi connectivity index (χ0v) is 18.4. The first-order valence-electron chi connectivity index (χ1n) is 10.5. The maximum Gasteiger partial charge on any atom is 0.234 e. The van der Waals surface area contributed by atoms with Crippen LogP contribution in [0.4, 0.5) is 0 Å². The summed E-state index contributed by atoms with van der Waals surface area (Å²) in [5.41, 5.74) is 7.84. The Morgan fingerprint density at radius 2 is 2.00 bits per heavy atom. The monoisotopic (exact) mass is 406 g/mol. The summed E-state index contributed by atoms with van der Waals surface area (Å²) in [5, 5.41) is 9.69. The molecule has 0 heterocycles. The number of primary amides is 1. The second-order valence-corrected chi connectivity index (χ2v) is 8.86. The molecule has 0 bridgehead atoms. The number of rotatable bonds is 14. The molecule has 3 N–H and O–H groups in total. The lowest BCUT2D eigenvalue weighted by molar-refractivity contribution is -0.125. The second kappa shape index (κ2) is 12.6. The summed E-state index contributed by atoms with van der Waals surface area (Å²) in [7, 11) is 0. The molecule has 0 aromatic heterocycles. The van der Waals surface area contributed by atoms with E-state index in [0.717, 1.165) is 36.0 Å². The maximum absolute atomic E-state index is 11.7. The van der Waals surface area contributed by atoms with Gasteiger partial charge in [-0.15, -0.1) is 0 Å². The van der Waals surface area contributed by atoms with Crippen molar-refractivity contribution in [2.75, 3.05) is 13.3 Å². The SMILES string of the molecule is Cc1cc(OCCCCCC(C)(C)C)ccc1CN(CO)C(CCC=O)C(N)=O. The summed E-state index contributed by atoms with van der Waals surface area (Å²) in [5.74, 6) is 0.287. The van der Waals surface area contributed by atoms with Crippen LogP contribution in [0.5, 0.6) is 5.75 Å². The van der Waals surface area contributed by atoms with Gasteiger partial charge in [-0.25, -0.2) is 0 Å². The van der Waals surface area contributed by atoms with Gasteiger partial charge in [0.15, 0.2) is 0 Å². The highest BCUT2D eigenvalue weighted by Crippen LogP contribution is 2.23. The van der Waals surface area contributed by atoms with E-state index in [9.17, 15) is 14.7 Å². The van der Waals surface area contributed by atoms with Crippen LogP contribution in [0.1, 0.15) is 70.4 Å². The number of hydrogen-bond acceptors (Lipinski definition) is 5. The van der Waals surface area contributed by atoms with Gasteiger partial charge in [-0.3, -0.25) is 9.69 Å². The van der Waals surface area contributed by atoms with Crippen molar-refractivity contribution in [3.05, 3.63) is 29.3 Å². The number of ether oxygens (including phenoxy) is 1. The highest BCUT2D eigenvalue weighted by Gasteiger charge is 2.23. The van der Waals surface area contributed by atoms with E-state index in [4.69, 9.17) is 10.5 Å². The number of aldehydes is 1. The van der Waals surface area contributed by atoms with Gasteiger partial charge in [-0.1, -0.05) is 39.7 Å². The normalized spacial score (nSPS) is 12.8. The van der Waals surface area contributed by atoms with Gasteiger partial charge in [0.2, 0.25) is 5.91 Å². The van der Waals surface area contributed by atoms with E-state index < -0.39 is 11.9 Å². The molecule has 164 valence electrons. The molecule has 0 aliphatic rings. The van der Waals surface area contributed by atoms with Crippen molar-refractivity contribution in [3.8, 4) is 5.75 Å². The predicted molar refractivity (Wildman–Crippen MR) is 116 cm³/mol. The van der Waals surface area contributed by atoms with E-state index in [-0.39, 0.29) is 13.2 Å². The van der Waals surface area contributed by atoms with Crippen molar-refractivity contribution < 1.29 is 19.4 Å². The number of amides is 1. The number of carbonyl (C=O) groups excluding carboxylic acids is 2. The van der Waals surface area contributed by atoms with Crippen LogP contribution < -0.4 is 10.5 Å². The summed E-state index contributed by atoms with van der Waals surface area (Å²) in [6.45, 7) is 9.53. The minimum Gasteiger partial charge on any atom is -0.494 e. The first kappa shape index (κ1) is 25.1. The van der Waals surface area contributed by atoms with Crippen LogP contribution in [0.2, 0.25) is 0 Å². The van der Waals surface area contributed by atoms with Crippen LogP contribution >= 0.6 is 0 Å². The number of aliphatic hydroxyl groups is 1. The van der Waals surface area contributed by atoms with Gasteiger partial charge in [-0.05, 0) is 54.9 Å². The highest BCUT2D eigenvalue weighted by atomic mass is 16.5. The standard InChI is InChI=1S/C23H38N2O4/c1-18-15-20(29-14-7-5-6-12-23(2,3)4)11-10-19(18)16-25(17-27)21(22(24)28)9-8-13-26/h10-11,13,15,21,27H,5-9,12,14,16-17H2,1-4H3,(H2,24,28). The quantitative estimate of drug-likeness (QED) is 0.280. The van der Waals surface area contributed by atoms with Crippen LogP contribution in [0.3, 0.4) is 0 Å². The van der Waals surface area contributed by atoms with Crippen LogP contribution in [0.15, 0.2) is 18.2 Å². The molecule has 1 aromatic rings. The third kappa shape index (κ3) is 9.90. The molecule has 6 heteroatoms. The zero-order valence-electron chi connectivity index (χ0n) is 18.4. The number of unbranched alkanes of at least 4 members (excludes halogenated alkanes) is 2. The molecule has 1 unspecified atom stereocenters. The molecule has 29 heavy (non-hydrogen) atoms. The highest BCUT2D eigenvalue weighted by molar-refractivity contribution is 5.80. The van der Waals surface area contributed by atoms with Crippen molar-refractivity contribution in [1.82, 2.24) is 4.90 Å². The molecule has 6 nitrogen and oxygen atoms in total. The molecule has 0 aliphatic heterocycles. The van der Waals surface area contributed by atoms with Crippen molar-refractivity contribution >= 4 is 12.2 Å². The molecular weight excluding hydrogens is 368 g/mol. The molecule has 1 atom stereocenters. The summed E-state index contributed by atoms with van der Waals surface area (Å²) >= 11 is 0. The van der Waals surface area contributed by atoms with E-state index in [1.807, 2.05) is 25.1 Å². The summed E-state index contributed by atoms with van der Waals surface area (Å²) < 4.78 is 5.87. The summed E-state index contributed by atoms with van der Waals surface area (Å²) in [6, 6.07) is 5.17. The average Bonchev–Trinajstić information content (AvgIpc) is 2.64. The molecule has 0 radical (unpaired) electrons. The lowest BCUT2D eigenvalue weighted by Crippen LogP contribution is -2.45. The number of benzene rings is 1. The average molecular weight is 407 g/mol. The molecule has 0 saturated carbocycles. The Morgan fingerprint density at radius 3 is 2.55 bits per heavy atom. The lowest BCUT2D eigenvalue weighted by Gasteiger charge is -2.27. The van der Waals surface area contributed by atoms with Crippen LogP contribution in [0, 0.1) is 12.3 Å². The van der Waals surface area contributed by atoms with E-state index in [1.54, 1.807) is 4.90 Å². The largest absolute Gasteiger partial charge is 0.494 e. The fraction of sp³-hybridized carbons (Fsp3) is 0.652. The van der Waals surface area contributed by atoms with Gasteiger partial charge in [0.05, 0.1) is 19.4 Å². The van der Waals surface area contributed by atoms with Gasteiger partial charge >= 0.3 is 0 Å². The number of carbonyl (C=O) groups is 2. The molecule has 1 aromatic carbocycles. The Bertz CT molecular complexity index is 640. The van der Waals surface area contributed by atoms with Crippen LogP contribution in [-0.2, 0) is 16.1 Å². The second-order valence-electron chi connectivity index (χ2n) is 8.86. The Kier molecular flexibility index (Phi) is 10.9. The number of aliphatic hydroxyl groups excluding tert-OH is 1. The van der Waals surface area contributed by atoms with Crippen molar-refractivity contribution in [2.24, 2.45) is 11.1 Å². The molecule has 0 fully saturated rings. The van der Waals surface area contributed by atoms with Crippen LogP contribution in [0.25, 0.3) is 0 Å². The maximum atomic E-state index is 11.7. The van der Waals surface area contributed by atoms with Crippen molar-refractivity contribution in [2.45, 2.75) is 78.8 Å². The van der Waals surface area contributed by atoms with Gasteiger partial charge in [0, 0.05) is 13.0 Å². The van der Waals surface area contributed by atoms with E-state index in [2.05, 4.69) is 20.8 Å². The van der Waals surface area contributed by atoms with Crippen molar-refractivity contribution in [3.63, 3.8) is 0 Å². The molecule has 1 rings (SSSR count). The lowest BCUT2D eigenvalue weighted by atomic mass is 9.89. The summed E-state index contributed by atoms with van der Waals surface area (Å²) in [4.78, 5) is 23.9. The predicted octanol–water partition coefficient (Wildman–Crippen LogP) is 3.57. The van der Waals surface area contributed by atoms with Gasteiger partial charge < -0.3 is 20.4 Å². The first-order valence-corrected chi connectivity index (χ1v) is 10.5. The van der Waals surface area contributed by atoms with Gasteiger partial charge in [0.25, 0.3) is 0 Å². The Morgan fingerprint density at radius 1 is 1.28 bits per heavy atom. The van der Waals surface area contributed by atoms with E-state index >= 15 is 0 Å². The topological polar surface area (TPSA) is 92.9 Å². The third-order valence-electron chi connectivity index (χ3n) is 5.04. The smallest absolute Gasteiger partial charge is 0.234 e. The minimum atomic E-state index is -0.673. The van der Waals surface area contributed by atoms with Gasteiger partial charge in [-0.2, -0.15) is 0 Å². The van der Waals surface area contributed by atoms with E-state index in [0.29, 0.717) is 25.0 Å². The van der Waals surface area contributed by atoms with Gasteiger partial charge in [0.1, 0.15) is 12.0 Å². The molecule has 0 spiro atoms. The minimum absolute atomic E-state index is 0.228. The first-order chi connectivity index (χ1) is 13.7. The summed E-state index contributed by atoms with van der Waals surface area (Å²) in [6.07, 6.45) is 5.92.